The van der Waals surface area contributed by atoms with E-state index < -0.39 is 28.7 Å². The summed E-state index contributed by atoms with van der Waals surface area (Å²) in [5.41, 5.74) is 2.36. The van der Waals surface area contributed by atoms with Crippen molar-refractivity contribution < 1.29 is 24.1 Å². The summed E-state index contributed by atoms with van der Waals surface area (Å²) < 4.78 is 0. The normalized spacial score (nSPS) is 15.0. The van der Waals surface area contributed by atoms with E-state index in [0.717, 1.165) is 22.1 Å². The van der Waals surface area contributed by atoms with Crippen LogP contribution in [-0.4, -0.2) is 39.5 Å². The van der Waals surface area contributed by atoms with Crippen molar-refractivity contribution in [2.24, 2.45) is 0 Å². The van der Waals surface area contributed by atoms with Crippen LogP contribution >= 0.6 is 0 Å². The predicted octanol–water partition coefficient (Wildman–Crippen LogP) is 3.84. The minimum absolute atomic E-state index is 0.0286. The third-order valence-electron chi connectivity index (χ3n) is 5.98. The molecule has 0 saturated carbocycles. The fourth-order valence-corrected chi connectivity index (χ4v) is 4.16. The van der Waals surface area contributed by atoms with Crippen LogP contribution in [0.4, 0.5) is 17.1 Å². The van der Waals surface area contributed by atoms with Crippen LogP contribution in [0.1, 0.15) is 34.8 Å². The number of amides is 4. The van der Waals surface area contributed by atoms with E-state index in [4.69, 9.17) is 0 Å². The molecular formula is C27H24N4O6. The van der Waals surface area contributed by atoms with Gasteiger partial charge in [-0.25, -0.2) is 4.90 Å². The van der Waals surface area contributed by atoms with E-state index in [-0.39, 0.29) is 30.1 Å². The van der Waals surface area contributed by atoms with E-state index in [1.807, 2.05) is 31.2 Å². The number of nitrogens with one attached hydrogen (secondary N) is 1. The van der Waals surface area contributed by atoms with Gasteiger partial charge in [-0.1, -0.05) is 35.9 Å². The van der Waals surface area contributed by atoms with Crippen molar-refractivity contribution in [1.82, 2.24) is 4.90 Å². The second-order valence-corrected chi connectivity index (χ2v) is 8.74. The fourth-order valence-electron chi connectivity index (χ4n) is 4.16. The SMILES string of the molecule is CC(=O)Nc1ccc(N2C(=O)CC(N(Cc3ccc(C)cc3)C(=O)c3cccc([N+](=O)[O-])c3)C2=O)cc1. The van der Waals surface area contributed by atoms with Crippen molar-refractivity contribution in [1.29, 1.82) is 0 Å². The Balaban J connectivity index is 1.67. The molecule has 0 aromatic heterocycles. The maximum Gasteiger partial charge on any atom is 0.270 e. The van der Waals surface area contributed by atoms with Gasteiger partial charge in [-0.2, -0.15) is 0 Å². The molecule has 0 radical (unpaired) electrons. The lowest BCUT2D eigenvalue weighted by Gasteiger charge is -2.28. The molecule has 4 amide bonds. The van der Waals surface area contributed by atoms with Crippen LogP contribution in [0.15, 0.2) is 72.8 Å². The number of anilines is 2. The molecule has 188 valence electrons. The summed E-state index contributed by atoms with van der Waals surface area (Å²) in [4.78, 5) is 64.3. The maximum atomic E-state index is 13.6. The lowest BCUT2D eigenvalue weighted by Crippen LogP contribution is -2.45. The first-order chi connectivity index (χ1) is 17.6. The van der Waals surface area contributed by atoms with Crippen molar-refractivity contribution in [3.8, 4) is 0 Å². The Morgan fingerprint density at radius 1 is 1.05 bits per heavy atom. The number of imide groups is 1. The number of hydrogen-bond donors (Lipinski definition) is 1. The van der Waals surface area contributed by atoms with E-state index in [1.54, 1.807) is 12.1 Å². The van der Waals surface area contributed by atoms with E-state index in [9.17, 15) is 29.3 Å². The van der Waals surface area contributed by atoms with Crippen molar-refractivity contribution in [2.75, 3.05) is 10.2 Å². The zero-order valence-electron chi connectivity index (χ0n) is 20.2. The van der Waals surface area contributed by atoms with Crippen LogP contribution in [0.3, 0.4) is 0 Å². The molecular weight excluding hydrogens is 476 g/mol. The Morgan fingerprint density at radius 3 is 2.35 bits per heavy atom. The number of carbonyl (C=O) groups is 4. The molecule has 4 rings (SSSR count). The lowest BCUT2D eigenvalue weighted by molar-refractivity contribution is -0.384. The molecule has 1 aliphatic heterocycles. The van der Waals surface area contributed by atoms with E-state index in [0.29, 0.717) is 11.4 Å². The van der Waals surface area contributed by atoms with Gasteiger partial charge < -0.3 is 10.2 Å². The molecule has 3 aromatic carbocycles. The highest BCUT2D eigenvalue weighted by atomic mass is 16.6. The minimum atomic E-state index is -1.10. The second kappa shape index (κ2) is 10.4. The molecule has 0 aliphatic carbocycles. The molecule has 1 saturated heterocycles. The number of benzene rings is 3. The third-order valence-corrected chi connectivity index (χ3v) is 5.98. The summed E-state index contributed by atoms with van der Waals surface area (Å²) in [5.74, 6) is -1.92. The van der Waals surface area contributed by atoms with Gasteiger partial charge in [0, 0.05) is 36.9 Å². The number of hydrogen-bond acceptors (Lipinski definition) is 6. The Labute approximate surface area is 212 Å². The summed E-state index contributed by atoms with van der Waals surface area (Å²) in [7, 11) is 0. The molecule has 1 N–H and O–H groups in total. The quantitative estimate of drug-likeness (QED) is 0.298. The van der Waals surface area contributed by atoms with Gasteiger partial charge in [0.25, 0.3) is 17.5 Å². The molecule has 1 aliphatic rings. The van der Waals surface area contributed by atoms with Gasteiger partial charge in [0.1, 0.15) is 6.04 Å². The summed E-state index contributed by atoms with van der Waals surface area (Å²) in [6.45, 7) is 3.32. The zero-order chi connectivity index (χ0) is 26.7. The van der Waals surface area contributed by atoms with Gasteiger partial charge in [0.15, 0.2) is 0 Å². The van der Waals surface area contributed by atoms with Crippen LogP contribution in [0.2, 0.25) is 0 Å². The van der Waals surface area contributed by atoms with Crippen LogP contribution in [-0.2, 0) is 20.9 Å². The highest BCUT2D eigenvalue weighted by molar-refractivity contribution is 6.23. The number of aryl methyl sites for hydroxylation is 1. The summed E-state index contributed by atoms with van der Waals surface area (Å²) in [6, 6.07) is 17.8. The standard InChI is InChI=1S/C27H24N4O6/c1-17-6-8-19(9-7-17)16-29(26(34)20-4-3-5-23(14-20)31(36)37)24-15-25(33)30(27(24)35)22-12-10-21(11-13-22)28-18(2)32/h3-14,24H,15-16H2,1-2H3,(H,28,32). The molecule has 3 aromatic rings. The topological polar surface area (TPSA) is 130 Å². The van der Waals surface area contributed by atoms with Crippen LogP contribution in [0, 0.1) is 17.0 Å². The van der Waals surface area contributed by atoms with Gasteiger partial charge in [0.05, 0.1) is 17.0 Å². The number of nitro benzene ring substituents is 1. The van der Waals surface area contributed by atoms with Gasteiger partial charge in [-0.15, -0.1) is 0 Å². The molecule has 10 nitrogen and oxygen atoms in total. The highest BCUT2D eigenvalue weighted by Crippen LogP contribution is 2.29. The van der Waals surface area contributed by atoms with Gasteiger partial charge >= 0.3 is 0 Å². The van der Waals surface area contributed by atoms with E-state index in [1.165, 1.54) is 42.2 Å². The first-order valence-corrected chi connectivity index (χ1v) is 11.5. The molecule has 1 heterocycles. The smallest absolute Gasteiger partial charge is 0.270 e. The largest absolute Gasteiger partial charge is 0.326 e. The molecule has 37 heavy (non-hydrogen) atoms. The van der Waals surface area contributed by atoms with Crippen molar-refractivity contribution in [2.45, 2.75) is 32.9 Å². The van der Waals surface area contributed by atoms with Crippen LogP contribution < -0.4 is 10.2 Å². The molecule has 1 fully saturated rings. The third kappa shape index (κ3) is 5.53. The van der Waals surface area contributed by atoms with Crippen molar-refractivity contribution in [3.05, 3.63) is 99.6 Å². The number of nitro groups is 1. The zero-order valence-corrected chi connectivity index (χ0v) is 20.2. The average Bonchev–Trinajstić information content (AvgIpc) is 3.17. The van der Waals surface area contributed by atoms with E-state index >= 15 is 0 Å². The Morgan fingerprint density at radius 2 is 1.73 bits per heavy atom. The Bertz CT molecular complexity index is 1380. The summed E-state index contributed by atoms with van der Waals surface area (Å²) in [5, 5.41) is 13.9. The number of nitrogens with zero attached hydrogens (tertiary/aromatic N) is 3. The monoisotopic (exact) mass is 500 g/mol. The summed E-state index contributed by atoms with van der Waals surface area (Å²) in [6.07, 6.45) is -0.237. The number of rotatable bonds is 7. The number of carbonyl (C=O) groups excluding carboxylic acids is 4. The predicted molar refractivity (Wildman–Crippen MR) is 136 cm³/mol. The van der Waals surface area contributed by atoms with Crippen LogP contribution in [0.25, 0.3) is 0 Å². The molecule has 1 atom stereocenters. The van der Waals surface area contributed by atoms with Crippen LogP contribution in [0.5, 0.6) is 0 Å². The van der Waals surface area contributed by atoms with Gasteiger partial charge in [0.2, 0.25) is 11.8 Å². The Hall–Kier alpha value is -4.86. The van der Waals surface area contributed by atoms with Gasteiger partial charge in [-0.05, 0) is 42.8 Å². The summed E-state index contributed by atoms with van der Waals surface area (Å²) >= 11 is 0. The maximum absolute atomic E-state index is 13.6. The van der Waals surface area contributed by atoms with Crippen molar-refractivity contribution in [3.63, 3.8) is 0 Å². The molecule has 0 spiro atoms. The van der Waals surface area contributed by atoms with Gasteiger partial charge in [-0.3, -0.25) is 29.3 Å². The first-order valence-electron chi connectivity index (χ1n) is 11.5. The lowest BCUT2D eigenvalue weighted by atomic mass is 10.1. The van der Waals surface area contributed by atoms with E-state index in [2.05, 4.69) is 5.32 Å². The number of non-ortho nitro benzene ring substituents is 1. The highest BCUT2D eigenvalue weighted by Gasteiger charge is 2.44. The minimum Gasteiger partial charge on any atom is -0.326 e. The average molecular weight is 501 g/mol. The fraction of sp³-hybridized carbons (Fsp3) is 0.185. The first kappa shape index (κ1) is 25.2. The van der Waals surface area contributed by atoms with Crippen molar-refractivity contribution >= 4 is 40.7 Å². The Kier molecular flexibility index (Phi) is 7.10. The molecule has 0 bridgehead atoms. The molecule has 10 heteroatoms. The second-order valence-electron chi connectivity index (χ2n) is 8.74. The molecule has 1 unspecified atom stereocenters.